The van der Waals surface area contributed by atoms with Gasteiger partial charge >= 0.3 is 0 Å². The summed E-state index contributed by atoms with van der Waals surface area (Å²) in [6.07, 6.45) is 0.814. The Balaban J connectivity index is 2.06. The highest BCUT2D eigenvalue weighted by Gasteiger charge is 2.36. The van der Waals surface area contributed by atoms with Crippen molar-refractivity contribution in [1.29, 1.82) is 0 Å². The average Bonchev–Trinajstić information content (AvgIpc) is 2.96. The van der Waals surface area contributed by atoms with Crippen molar-refractivity contribution in [2.75, 3.05) is 20.3 Å². The second-order valence-corrected chi connectivity index (χ2v) is 4.73. The van der Waals surface area contributed by atoms with Gasteiger partial charge in [0.1, 0.15) is 5.75 Å². The second kappa shape index (κ2) is 4.83. The predicted molar refractivity (Wildman–Crippen MR) is 74.4 cm³/mol. The first-order valence-electron chi connectivity index (χ1n) is 6.63. The van der Waals surface area contributed by atoms with Gasteiger partial charge < -0.3 is 14.2 Å². The van der Waals surface area contributed by atoms with Crippen LogP contribution in [0.15, 0.2) is 36.4 Å². The topological polar surface area (TPSA) is 27.7 Å². The van der Waals surface area contributed by atoms with Crippen LogP contribution in [0, 0.1) is 0 Å². The van der Waals surface area contributed by atoms with E-state index in [0.717, 1.165) is 23.1 Å². The van der Waals surface area contributed by atoms with E-state index in [9.17, 15) is 0 Å². The zero-order valence-electron chi connectivity index (χ0n) is 11.3. The first-order valence-corrected chi connectivity index (χ1v) is 6.63. The molecule has 0 saturated carbocycles. The number of hydrogen-bond donors (Lipinski definition) is 0. The monoisotopic (exact) mass is 258 g/mol. The van der Waals surface area contributed by atoms with Crippen molar-refractivity contribution in [3.63, 3.8) is 0 Å². The minimum atomic E-state index is -0.561. The molecule has 0 amide bonds. The van der Waals surface area contributed by atoms with Crippen LogP contribution in [0.4, 0.5) is 0 Å². The van der Waals surface area contributed by atoms with Crippen molar-refractivity contribution in [3.05, 3.63) is 42.0 Å². The van der Waals surface area contributed by atoms with Gasteiger partial charge in [-0.2, -0.15) is 0 Å². The molecule has 0 unspecified atom stereocenters. The van der Waals surface area contributed by atoms with Crippen molar-refractivity contribution in [1.82, 2.24) is 0 Å². The molecule has 0 aromatic heterocycles. The third kappa shape index (κ3) is 2.09. The molecule has 1 fully saturated rings. The molecule has 0 radical (unpaired) electrons. The Labute approximate surface area is 113 Å². The fourth-order valence-electron chi connectivity index (χ4n) is 2.62. The molecule has 0 bridgehead atoms. The number of rotatable bonds is 3. The molecular weight excluding hydrogens is 240 g/mol. The van der Waals surface area contributed by atoms with Gasteiger partial charge in [0.25, 0.3) is 0 Å². The Morgan fingerprint density at radius 1 is 1.05 bits per heavy atom. The van der Waals surface area contributed by atoms with Crippen LogP contribution in [0.25, 0.3) is 10.8 Å². The van der Waals surface area contributed by atoms with Crippen molar-refractivity contribution >= 4 is 10.8 Å². The SMILES string of the molecule is CCC1(c2ccc3cc(OC)ccc3c2)OCCO1. The maximum atomic E-state index is 5.82. The van der Waals surface area contributed by atoms with Crippen LogP contribution in [0.1, 0.15) is 18.9 Å². The third-order valence-electron chi connectivity index (χ3n) is 3.71. The number of hydrogen-bond acceptors (Lipinski definition) is 3. The molecule has 3 heteroatoms. The summed E-state index contributed by atoms with van der Waals surface area (Å²) in [5.74, 6) is 0.313. The Hall–Kier alpha value is -1.58. The lowest BCUT2D eigenvalue weighted by atomic mass is 9.99. The van der Waals surface area contributed by atoms with E-state index in [-0.39, 0.29) is 0 Å². The molecule has 0 N–H and O–H groups in total. The molecule has 19 heavy (non-hydrogen) atoms. The normalized spacial score (nSPS) is 17.8. The quantitative estimate of drug-likeness (QED) is 0.843. The number of fused-ring (bicyclic) bond motifs is 1. The summed E-state index contributed by atoms with van der Waals surface area (Å²) in [7, 11) is 1.68. The highest BCUT2D eigenvalue weighted by molar-refractivity contribution is 5.84. The number of benzene rings is 2. The maximum absolute atomic E-state index is 5.82. The third-order valence-corrected chi connectivity index (χ3v) is 3.71. The van der Waals surface area contributed by atoms with Crippen molar-refractivity contribution in [3.8, 4) is 5.75 Å². The lowest BCUT2D eigenvalue weighted by molar-refractivity contribution is -0.167. The predicted octanol–water partition coefficient (Wildman–Crippen LogP) is 3.46. The fraction of sp³-hybridized carbons (Fsp3) is 0.375. The highest BCUT2D eigenvalue weighted by Crippen LogP contribution is 2.36. The molecule has 0 aliphatic carbocycles. The zero-order valence-corrected chi connectivity index (χ0v) is 11.3. The molecule has 0 atom stereocenters. The van der Waals surface area contributed by atoms with Gasteiger partial charge in [-0.25, -0.2) is 0 Å². The van der Waals surface area contributed by atoms with Crippen molar-refractivity contribution < 1.29 is 14.2 Å². The van der Waals surface area contributed by atoms with E-state index in [1.54, 1.807) is 7.11 Å². The molecule has 2 aromatic rings. The van der Waals surface area contributed by atoms with Gasteiger partial charge in [-0.15, -0.1) is 0 Å². The second-order valence-electron chi connectivity index (χ2n) is 4.73. The van der Waals surface area contributed by atoms with Crippen LogP contribution in [0.3, 0.4) is 0 Å². The minimum absolute atomic E-state index is 0.561. The van der Waals surface area contributed by atoms with Crippen LogP contribution in [0.5, 0.6) is 5.75 Å². The van der Waals surface area contributed by atoms with Gasteiger partial charge in [0, 0.05) is 12.0 Å². The van der Waals surface area contributed by atoms with Gasteiger partial charge in [0.15, 0.2) is 5.79 Å². The Kier molecular flexibility index (Phi) is 3.17. The van der Waals surface area contributed by atoms with E-state index >= 15 is 0 Å². The first kappa shape index (κ1) is 12.5. The standard InChI is InChI=1S/C16H18O3/c1-3-16(18-8-9-19-16)14-6-4-13-11-15(17-2)7-5-12(13)10-14/h4-7,10-11H,3,8-9H2,1-2H3. The summed E-state index contributed by atoms with van der Waals surface area (Å²) >= 11 is 0. The van der Waals surface area contributed by atoms with Gasteiger partial charge in [-0.1, -0.05) is 25.1 Å². The van der Waals surface area contributed by atoms with Crippen LogP contribution in [-0.2, 0) is 15.3 Å². The summed E-state index contributed by atoms with van der Waals surface area (Å²) in [4.78, 5) is 0. The van der Waals surface area contributed by atoms with Gasteiger partial charge in [0.2, 0.25) is 0 Å². The maximum Gasteiger partial charge on any atom is 0.194 e. The van der Waals surface area contributed by atoms with Crippen LogP contribution in [0.2, 0.25) is 0 Å². The molecule has 0 spiro atoms. The lowest BCUT2D eigenvalue weighted by Gasteiger charge is -2.26. The van der Waals surface area contributed by atoms with E-state index < -0.39 is 5.79 Å². The van der Waals surface area contributed by atoms with Crippen LogP contribution < -0.4 is 4.74 Å². The van der Waals surface area contributed by atoms with E-state index in [1.165, 1.54) is 5.39 Å². The molecule has 1 aliphatic heterocycles. The molecule has 1 saturated heterocycles. The van der Waals surface area contributed by atoms with Gasteiger partial charge in [-0.05, 0) is 29.0 Å². The molecule has 3 rings (SSSR count). The first-order chi connectivity index (χ1) is 9.27. The summed E-state index contributed by atoms with van der Waals surface area (Å²) < 4.78 is 16.9. The summed E-state index contributed by atoms with van der Waals surface area (Å²) in [6, 6.07) is 12.4. The van der Waals surface area contributed by atoms with Crippen LogP contribution in [-0.4, -0.2) is 20.3 Å². The molecular formula is C16H18O3. The van der Waals surface area contributed by atoms with E-state index in [0.29, 0.717) is 13.2 Å². The highest BCUT2D eigenvalue weighted by atomic mass is 16.7. The van der Waals surface area contributed by atoms with E-state index in [2.05, 4.69) is 31.2 Å². The average molecular weight is 258 g/mol. The Morgan fingerprint density at radius 2 is 1.74 bits per heavy atom. The molecule has 2 aromatic carbocycles. The number of ether oxygens (including phenoxy) is 3. The van der Waals surface area contributed by atoms with Crippen LogP contribution >= 0.6 is 0 Å². The summed E-state index contributed by atoms with van der Waals surface area (Å²) in [6.45, 7) is 3.41. The lowest BCUT2D eigenvalue weighted by Crippen LogP contribution is -2.25. The number of methoxy groups -OCH3 is 1. The fourth-order valence-corrected chi connectivity index (χ4v) is 2.62. The Morgan fingerprint density at radius 3 is 2.42 bits per heavy atom. The molecule has 1 heterocycles. The van der Waals surface area contributed by atoms with Crippen molar-refractivity contribution in [2.24, 2.45) is 0 Å². The Bertz CT molecular complexity index is 586. The molecule has 100 valence electrons. The largest absolute Gasteiger partial charge is 0.497 e. The van der Waals surface area contributed by atoms with E-state index in [4.69, 9.17) is 14.2 Å². The van der Waals surface area contributed by atoms with E-state index in [1.807, 2.05) is 12.1 Å². The summed E-state index contributed by atoms with van der Waals surface area (Å²) in [5.41, 5.74) is 1.09. The van der Waals surface area contributed by atoms with Gasteiger partial charge in [-0.3, -0.25) is 0 Å². The molecule has 3 nitrogen and oxygen atoms in total. The minimum Gasteiger partial charge on any atom is -0.497 e. The molecule has 1 aliphatic rings. The van der Waals surface area contributed by atoms with Crippen molar-refractivity contribution in [2.45, 2.75) is 19.1 Å². The van der Waals surface area contributed by atoms with Gasteiger partial charge in [0.05, 0.1) is 20.3 Å². The summed E-state index contributed by atoms with van der Waals surface area (Å²) in [5, 5.41) is 2.33. The smallest absolute Gasteiger partial charge is 0.194 e. The zero-order chi connectivity index (χ0) is 13.3.